The highest BCUT2D eigenvalue weighted by atomic mass is 79.9. The number of nitrogens with zero attached hydrogens (tertiary/aromatic N) is 1. The van der Waals surface area contributed by atoms with Crippen molar-refractivity contribution in [3.63, 3.8) is 0 Å². The highest BCUT2D eigenvalue weighted by Crippen LogP contribution is 2.33. The Bertz CT molecular complexity index is 723. The van der Waals surface area contributed by atoms with Gasteiger partial charge < -0.3 is 5.32 Å². The van der Waals surface area contributed by atoms with Crippen molar-refractivity contribution >= 4 is 37.4 Å². The van der Waals surface area contributed by atoms with E-state index in [0.29, 0.717) is 0 Å². The fraction of sp³-hybridized carbons (Fsp3) is 0.188. The SMILES string of the molecule is CCNC(c1cncc(Br)c1)c1csc2ccccc12. The van der Waals surface area contributed by atoms with Gasteiger partial charge in [0.15, 0.2) is 0 Å². The van der Waals surface area contributed by atoms with Gasteiger partial charge in [-0.2, -0.15) is 0 Å². The zero-order valence-electron chi connectivity index (χ0n) is 11.1. The lowest BCUT2D eigenvalue weighted by Crippen LogP contribution is -2.21. The van der Waals surface area contributed by atoms with Crippen LogP contribution in [0, 0.1) is 0 Å². The fourth-order valence-electron chi connectivity index (χ4n) is 2.42. The number of fused-ring (bicyclic) bond motifs is 1. The zero-order valence-corrected chi connectivity index (χ0v) is 13.5. The van der Waals surface area contributed by atoms with Gasteiger partial charge in [0.25, 0.3) is 0 Å². The van der Waals surface area contributed by atoms with Crippen LogP contribution in [0.2, 0.25) is 0 Å². The van der Waals surface area contributed by atoms with Crippen LogP contribution in [0.1, 0.15) is 24.1 Å². The molecular weight excluding hydrogens is 332 g/mol. The summed E-state index contributed by atoms with van der Waals surface area (Å²) in [6.07, 6.45) is 3.75. The number of thiophene rings is 1. The molecule has 2 aromatic heterocycles. The zero-order chi connectivity index (χ0) is 13.9. The minimum atomic E-state index is 0.182. The van der Waals surface area contributed by atoms with Gasteiger partial charge in [0.05, 0.1) is 6.04 Å². The molecule has 2 heterocycles. The van der Waals surface area contributed by atoms with Crippen LogP contribution in [0.25, 0.3) is 10.1 Å². The van der Waals surface area contributed by atoms with Crippen LogP contribution in [0.3, 0.4) is 0 Å². The van der Waals surface area contributed by atoms with Crippen LogP contribution in [0.15, 0.2) is 52.6 Å². The van der Waals surface area contributed by atoms with Crippen molar-refractivity contribution < 1.29 is 0 Å². The Morgan fingerprint density at radius 3 is 2.95 bits per heavy atom. The van der Waals surface area contributed by atoms with Crippen LogP contribution in [0.4, 0.5) is 0 Å². The molecule has 0 fully saturated rings. The third-order valence-electron chi connectivity index (χ3n) is 3.29. The number of pyridine rings is 1. The molecule has 0 bridgehead atoms. The van der Waals surface area contributed by atoms with E-state index in [4.69, 9.17) is 0 Å². The molecule has 0 aliphatic heterocycles. The first-order chi connectivity index (χ1) is 9.79. The summed E-state index contributed by atoms with van der Waals surface area (Å²) in [6.45, 7) is 3.05. The highest BCUT2D eigenvalue weighted by Gasteiger charge is 2.17. The van der Waals surface area contributed by atoms with E-state index in [-0.39, 0.29) is 6.04 Å². The van der Waals surface area contributed by atoms with E-state index in [2.05, 4.69) is 68.9 Å². The smallest absolute Gasteiger partial charge is 0.0606 e. The van der Waals surface area contributed by atoms with Crippen molar-refractivity contribution in [3.05, 3.63) is 63.7 Å². The summed E-state index contributed by atoms with van der Waals surface area (Å²) in [5, 5.41) is 7.14. The third kappa shape index (κ3) is 2.64. The van der Waals surface area contributed by atoms with Gasteiger partial charge in [0.2, 0.25) is 0 Å². The van der Waals surface area contributed by atoms with Gasteiger partial charge in [0, 0.05) is 21.6 Å². The largest absolute Gasteiger partial charge is 0.306 e. The van der Waals surface area contributed by atoms with Gasteiger partial charge in [-0.25, -0.2) is 0 Å². The van der Waals surface area contributed by atoms with E-state index in [1.54, 1.807) is 11.3 Å². The van der Waals surface area contributed by atoms with E-state index in [1.807, 2.05) is 12.4 Å². The molecule has 3 aromatic rings. The van der Waals surface area contributed by atoms with Gasteiger partial charge in [-0.05, 0) is 56.5 Å². The van der Waals surface area contributed by atoms with Gasteiger partial charge in [-0.3, -0.25) is 4.98 Å². The van der Waals surface area contributed by atoms with Crippen LogP contribution in [-0.2, 0) is 0 Å². The third-order valence-corrected chi connectivity index (χ3v) is 4.70. The number of hydrogen-bond acceptors (Lipinski definition) is 3. The molecule has 102 valence electrons. The van der Waals surface area contributed by atoms with Gasteiger partial charge in [-0.15, -0.1) is 11.3 Å². The lowest BCUT2D eigenvalue weighted by molar-refractivity contribution is 0.633. The second-order valence-corrected chi connectivity index (χ2v) is 6.44. The van der Waals surface area contributed by atoms with E-state index in [1.165, 1.54) is 21.2 Å². The van der Waals surface area contributed by atoms with Crippen molar-refractivity contribution in [2.75, 3.05) is 6.54 Å². The lowest BCUT2D eigenvalue weighted by Gasteiger charge is -2.18. The van der Waals surface area contributed by atoms with E-state index < -0.39 is 0 Å². The van der Waals surface area contributed by atoms with Crippen LogP contribution in [-0.4, -0.2) is 11.5 Å². The second-order valence-electron chi connectivity index (χ2n) is 4.61. The topological polar surface area (TPSA) is 24.9 Å². The summed E-state index contributed by atoms with van der Waals surface area (Å²) in [7, 11) is 0. The van der Waals surface area contributed by atoms with Crippen molar-refractivity contribution in [3.8, 4) is 0 Å². The molecule has 0 spiro atoms. The Kier molecular flexibility index (Phi) is 4.15. The number of nitrogens with one attached hydrogen (secondary N) is 1. The average molecular weight is 347 g/mol. The number of hydrogen-bond donors (Lipinski definition) is 1. The maximum absolute atomic E-state index is 4.29. The molecular formula is C16H15BrN2S. The predicted octanol–water partition coefficient (Wildman–Crippen LogP) is 4.76. The van der Waals surface area contributed by atoms with Crippen molar-refractivity contribution in [1.82, 2.24) is 10.3 Å². The Hall–Kier alpha value is -1.23. The lowest BCUT2D eigenvalue weighted by atomic mass is 9.99. The Labute approximate surface area is 131 Å². The van der Waals surface area contributed by atoms with Crippen LogP contribution >= 0.6 is 27.3 Å². The van der Waals surface area contributed by atoms with E-state index in [0.717, 1.165) is 11.0 Å². The summed E-state index contributed by atoms with van der Waals surface area (Å²) >= 11 is 5.30. The Morgan fingerprint density at radius 1 is 1.30 bits per heavy atom. The molecule has 1 unspecified atom stereocenters. The first kappa shape index (κ1) is 13.7. The fourth-order valence-corrected chi connectivity index (χ4v) is 3.79. The second kappa shape index (κ2) is 6.04. The Balaban J connectivity index is 2.11. The summed E-state index contributed by atoms with van der Waals surface area (Å²) in [6, 6.07) is 10.9. The van der Waals surface area contributed by atoms with Gasteiger partial charge in [0.1, 0.15) is 0 Å². The van der Waals surface area contributed by atoms with Gasteiger partial charge >= 0.3 is 0 Å². The minimum Gasteiger partial charge on any atom is -0.306 e. The number of aromatic nitrogens is 1. The summed E-state index contributed by atoms with van der Waals surface area (Å²) in [4.78, 5) is 4.29. The molecule has 0 radical (unpaired) electrons. The van der Waals surface area contributed by atoms with Crippen molar-refractivity contribution in [2.45, 2.75) is 13.0 Å². The average Bonchev–Trinajstić information content (AvgIpc) is 2.88. The molecule has 1 atom stereocenters. The molecule has 0 saturated carbocycles. The molecule has 1 aromatic carbocycles. The van der Waals surface area contributed by atoms with E-state index >= 15 is 0 Å². The summed E-state index contributed by atoms with van der Waals surface area (Å²) in [5.41, 5.74) is 2.51. The van der Waals surface area contributed by atoms with Crippen LogP contribution < -0.4 is 5.32 Å². The maximum Gasteiger partial charge on any atom is 0.0606 e. The predicted molar refractivity (Wildman–Crippen MR) is 89.3 cm³/mol. The van der Waals surface area contributed by atoms with Gasteiger partial charge in [-0.1, -0.05) is 25.1 Å². The minimum absolute atomic E-state index is 0.182. The maximum atomic E-state index is 4.29. The van der Waals surface area contributed by atoms with E-state index in [9.17, 15) is 0 Å². The first-order valence-corrected chi connectivity index (χ1v) is 8.27. The molecule has 1 N–H and O–H groups in total. The number of rotatable bonds is 4. The normalized spacial score (nSPS) is 12.7. The molecule has 0 aliphatic carbocycles. The summed E-state index contributed by atoms with van der Waals surface area (Å²) in [5.74, 6) is 0. The molecule has 0 saturated heterocycles. The number of halogens is 1. The quantitative estimate of drug-likeness (QED) is 0.736. The Morgan fingerprint density at radius 2 is 2.15 bits per heavy atom. The van der Waals surface area contributed by atoms with Crippen LogP contribution in [0.5, 0.6) is 0 Å². The first-order valence-electron chi connectivity index (χ1n) is 6.59. The molecule has 4 heteroatoms. The standard InChI is InChI=1S/C16H15BrN2S/c1-2-19-16(11-7-12(17)9-18-8-11)14-10-20-15-6-4-3-5-13(14)15/h3-10,16,19H,2H2,1H3. The van der Waals surface area contributed by atoms with Crippen molar-refractivity contribution in [1.29, 1.82) is 0 Å². The molecule has 0 aliphatic rings. The molecule has 20 heavy (non-hydrogen) atoms. The molecule has 0 amide bonds. The number of benzene rings is 1. The highest BCUT2D eigenvalue weighted by molar-refractivity contribution is 9.10. The molecule has 3 rings (SSSR count). The van der Waals surface area contributed by atoms with Crippen molar-refractivity contribution in [2.24, 2.45) is 0 Å². The summed E-state index contributed by atoms with van der Waals surface area (Å²) < 4.78 is 2.34. The monoisotopic (exact) mass is 346 g/mol. The molecule has 2 nitrogen and oxygen atoms in total.